The summed E-state index contributed by atoms with van der Waals surface area (Å²) in [4.78, 5) is 19.9. The van der Waals surface area contributed by atoms with Crippen LogP contribution >= 0.6 is 0 Å². The molecular formula is C16H17FN2O2. The van der Waals surface area contributed by atoms with Crippen molar-refractivity contribution in [3.8, 4) is 5.88 Å². The molecule has 0 aliphatic rings. The van der Waals surface area contributed by atoms with E-state index in [1.807, 2.05) is 0 Å². The molecule has 0 aliphatic heterocycles. The van der Waals surface area contributed by atoms with E-state index in [0.29, 0.717) is 31.6 Å². The summed E-state index contributed by atoms with van der Waals surface area (Å²) >= 11 is 0. The molecule has 0 atom stereocenters. The molecule has 1 aromatic carbocycles. The first-order valence-electron chi connectivity index (χ1n) is 6.78. The zero-order valence-corrected chi connectivity index (χ0v) is 11.9. The van der Waals surface area contributed by atoms with Crippen molar-refractivity contribution in [3.05, 3.63) is 53.7 Å². The Labute approximate surface area is 123 Å². The fourth-order valence-electron chi connectivity index (χ4n) is 1.95. The van der Waals surface area contributed by atoms with Gasteiger partial charge in [0.2, 0.25) is 5.88 Å². The number of benzene rings is 1. The maximum atomic E-state index is 12.8. The SMILES string of the molecule is COc1cc(CCC(=O)CCc2ccc(F)cc2)ncn1. The maximum absolute atomic E-state index is 12.8. The molecule has 5 heteroatoms. The number of aryl methyl sites for hydroxylation is 2. The van der Waals surface area contributed by atoms with E-state index in [4.69, 9.17) is 4.74 Å². The summed E-state index contributed by atoms with van der Waals surface area (Å²) in [5.74, 6) is 0.401. The third-order valence-electron chi connectivity index (χ3n) is 3.17. The number of methoxy groups -OCH3 is 1. The number of carbonyl (C=O) groups excluding carboxylic acids is 1. The molecule has 110 valence electrons. The van der Waals surface area contributed by atoms with Crippen LogP contribution in [0.4, 0.5) is 4.39 Å². The molecule has 0 bridgehead atoms. The molecule has 1 heterocycles. The third-order valence-corrected chi connectivity index (χ3v) is 3.17. The largest absolute Gasteiger partial charge is 0.481 e. The monoisotopic (exact) mass is 288 g/mol. The van der Waals surface area contributed by atoms with E-state index in [9.17, 15) is 9.18 Å². The lowest BCUT2D eigenvalue weighted by Crippen LogP contribution is -2.03. The molecule has 0 amide bonds. The first kappa shape index (κ1) is 15.1. The lowest BCUT2D eigenvalue weighted by atomic mass is 10.0. The minimum absolute atomic E-state index is 0.164. The molecule has 0 radical (unpaired) electrons. The quantitative estimate of drug-likeness (QED) is 0.786. The van der Waals surface area contributed by atoms with Gasteiger partial charge in [-0.15, -0.1) is 0 Å². The number of nitrogens with zero attached hydrogens (tertiary/aromatic N) is 2. The second kappa shape index (κ2) is 7.47. The van der Waals surface area contributed by atoms with Crippen LogP contribution in [0.15, 0.2) is 36.7 Å². The van der Waals surface area contributed by atoms with Gasteiger partial charge >= 0.3 is 0 Å². The smallest absolute Gasteiger partial charge is 0.216 e. The number of hydrogen-bond acceptors (Lipinski definition) is 4. The van der Waals surface area contributed by atoms with Crippen molar-refractivity contribution >= 4 is 5.78 Å². The Balaban J connectivity index is 1.78. The molecule has 1 aromatic heterocycles. The molecule has 4 nitrogen and oxygen atoms in total. The Morgan fingerprint density at radius 2 is 1.86 bits per heavy atom. The number of carbonyl (C=O) groups is 1. The number of Topliss-reactive ketones (excluding diaryl/α,β-unsaturated/α-hetero) is 1. The van der Waals surface area contributed by atoms with Crippen LogP contribution in [-0.2, 0) is 17.6 Å². The molecule has 0 spiro atoms. The van der Waals surface area contributed by atoms with Gasteiger partial charge in [0, 0.05) is 24.6 Å². The molecule has 0 unspecified atom stereocenters. The van der Waals surface area contributed by atoms with Crippen molar-refractivity contribution in [1.29, 1.82) is 0 Å². The molecule has 2 aromatic rings. The standard InChI is InChI=1S/C16H17FN2O2/c1-21-16-10-14(18-11-19-16)7-9-15(20)8-4-12-2-5-13(17)6-3-12/h2-3,5-6,10-11H,4,7-9H2,1H3. The normalized spacial score (nSPS) is 10.4. The van der Waals surface area contributed by atoms with Gasteiger partial charge in [-0.25, -0.2) is 14.4 Å². The highest BCUT2D eigenvalue weighted by Crippen LogP contribution is 2.10. The highest BCUT2D eigenvalue weighted by molar-refractivity contribution is 5.78. The number of ether oxygens (including phenoxy) is 1. The van der Waals surface area contributed by atoms with Crippen molar-refractivity contribution in [3.63, 3.8) is 0 Å². The maximum Gasteiger partial charge on any atom is 0.216 e. The van der Waals surface area contributed by atoms with Crippen molar-refractivity contribution in [1.82, 2.24) is 9.97 Å². The highest BCUT2D eigenvalue weighted by atomic mass is 19.1. The fourth-order valence-corrected chi connectivity index (χ4v) is 1.95. The Morgan fingerprint density at radius 3 is 2.57 bits per heavy atom. The average Bonchev–Trinajstić information content (AvgIpc) is 2.52. The van der Waals surface area contributed by atoms with Gasteiger partial charge in [-0.3, -0.25) is 4.79 Å². The van der Waals surface area contributed by atoms with Crippen LogP contribution in [0.2, 0.25) is 0 Å². The van der Waals surface area contributed by atoms with E-state index < -0.39 is 0 Å². The minimum atomic E-state index is -0.261. The topological polar surface area (TPSA) is 52.1 Å². The van der Waals surface area contributed by atoms with Gasteiger partial charge in [0.1, 0.15) is 17.9 Å². The van der Waals surface area contributed by atoms with E-state index in [1.165, 1.54) is 18.5 Å². The Hall–Kier alpha value is -2.30. The zero-order chi connectivity index (χ0) is 15.1. The van der Waals surface area contributed by atoms with Crippen LogP contribution in [0.25, 0.3) is 0 Å². The summed E-state index contributed by atoms with van der Waals surface area (Å²) in [5.41, 5.74) is 1.76. The Bertz CT molecular complexity index is 599. The van der Waals surface area contributed by atoms with Crippen molar-refractivity contribution < 1.29 is 13.9 Å². The lowest BCUT2D eigenvalue weighted by molar-refractivity contribution is -0.119. The molecule has 0 N–H and O–H groups in total. The summed E-state index contributed by atoms with van der Waals surface area (Å²) in [5, 5.41) is 0. The van der Waals surface area contributed by atoms with E-state index in [2.05, 4.69) is 9.97 Å². The van der Waals surface area contributed by atoms with Gasteiger partial charge in [-0.05, 0) is 30.5 Å². The molecule has 2 rings (SSSR count). The van der Waals surface area contributed by atoms with Gasteiger partial charge in [0.05, 0.1) is 7.11 Å². The van der Waals surface area contributed by atoms with Crippen LogP contribution in [0.3, 0.4) is 0 Å². The van der Waals surface area contributed by atoms with Crippen LogP contribution in [-0.4, -0.2) is 22.9 Å². The lowest BCUT2D eigenvalue weighted by Gasteiger charge is -2.03. The van der Waals surface area contributed by atoms with E-state index in [0.717, 1.165) is 11.3 Å². The van der Waals surface area contributed by atoms with Crippen molar-refractivity contribution in [2.24, 2.45) is 0 Å². The van der Waals surface area contributed by atoms with Crippen LogP contribution in [0, 0.1) is 5.82 Å². The number of rotatable bonds is 7. The molecule has 0 saturated carbocycles. The summed E-state index contributed by atoms with van der Waals surface area (Å²) < 4.78 is 17.8. The summed E-state index contributed by atoms with van der Waals surface area (Å²) in [6, 6.07) is 7.96. The van der Waals surface area contributed by atoms with E-state index in [1.54, 1.807) is 25.3 Å². The van der Waals surface area contributed by atoms with E-state index in [-0.39, 0.29) is 11.6 Å². The summed E-state index contributed by atoms with van der Waals surface area (Å²) in [6.07, 6.45) is 3.51. The van der Waals surface area contributed by atoms with Gasteiger partial charge in [0.15, 0.2) is 0 Å². The number of halogens is 1. The van der Waals surface area contributed by atoms with Crippen LogP contribution in [0.1, 0.15) is 24.1 Å². The van der Waals surface area contributed by atoms with E-state index >= 15 is 0 Å². The molecule has 0 aliphatic carbocycles. The van der Waals surface area contributed by atoms with Crippen LogP contribution in [0.5, 0.6) is 5.88 Å². The Kier molecular flexibility index (Phi) is 5.37. The first-order chi connectivity index (χ1) is 10.2. The van der Waals surface area contributed by atoms with Gasteiger partial charge in [-0.1, -0.05) is 12.1 Å². The fraction of sp³-hybridized carbons (Fsp3) is 0.312. The minimum Gasteiger partial charge on any atom is -0.481 e. The predicted molar refractivity (Wildman–Crippen MR) is 76.6 cm³/mol. The molecule has 0 fully saturated rings. The van der Waals surface area contributed by atoms with Crippen LogP contribution < -0.4 is 4.74 Å². The highest BCUT2D eigenvalue weighted by Gasteiger charge is 2.06. The number of hydrogen-bond donors (Lipinski definition) is 0. The van der Waals surface area contributed by atoms with Gasteiger partial charge in [0.25, 0.3) is 0 Å². The second-order valence-electron chi connectivity index (χ2n) is 4.72. The summed E-state index contributed by atoms with van der Waals surface area (Å²) in [7, 11) is 1.54. The van der Waals surface area contributed by atoms with Crippen molar-refractivity contribution in [2.75, 3.05) is 7.11 Å². The molecular weight excluding hydrogens is 271 g/mol. The second-order valence-corrected chi connectivity index (χ2v) is 4.72. The summed E-state index contributed by atoms with van der Waals surface area (Å²) in [6.45, 7) is 0. The number of aromatic nitrogens is 2. The zero-order valence-electron chi connectivity index (χ0n) is 11.9. The van der Waals surface area contributed by atoms with Gasteiger partial charge < -0.3 is 4.74 Å². The van der Waals surface area contributed by atoms with Gasteiger partial charge in [-0.2, -0.15) is 0 Å². The predicted octanol–water partition coefficient (Wildman–Crippen LogP) is 2.76. The third kappa shape index (κ3) is 4.95. The Morgan fingerprint density at radius 1 is 1.14 bits per heavy atom. The number of ketones is 1. The molecule has 0 saturated heterocycles. The average molecular weight is 288 g/mol. The first-order valence-corrected chi connectivity index (χ1v) is 6.78. The molecule has 21 heavy (non-hydrogen) atoms. The van der Waals surface area contributed by atoms with Crippen molar-refractivity contribution in [2.45, 2.75) is 25.7 Å².